The topological polar surface area (TPSA) is 100 Å². The largest absolute Gasteiger partial charge is 0.481 e. The summed E-state index contributed by atoms with van der Waals surface area (Å²) in [6.45, 7) is 1.08. The SMILES string of the molecule is CC(=O)O.O.O.[Cu].[Zn]. The number of hydrogen-bond acceptors (Lipinski definition) is 1. The molecule has 0 aliphatic heterocycles. The second-order valence-electron chi connectivity index (χ2n) is 0.519. The molecule has 5 N–H and O–H groups in total. The van der Waals surface area contributed by atoms with Crippen LogP contribution in [-0.4, -0.2) is 22.0 Å². The van der Waals surface area contributed by atoms with Gasteiger partial charge in [-0.05, 0) is 0 Å². The summed E-state index contributed by atoms with van der Waals surface area (Å²) in [6.07, 6.45) is 0. The molecule has 0 aromatic heterocycles. The van der Waals surface area contributed by atoms with Gasteiger partial charge in [0, 0.05) is 43.5 Å². The molecule has 0 spiro atoms. The van der Waals surface area contributed by atoms with E-state index in [0.717, 1.165) is 6.92 Å². The Hall–Kier alpha value is 0.533. The van der Waals surface area contributed by atoms with Crippen LogP contribution in [0.4, 0.5) is 0 Å². The zero-order chi connectivity index (χ0) is 3.58. The van der Waals surface area contributed by atoms with Crippen molar-refractivity contribution >= 4 is 5.97 Å². The summed E-state index contributed by atoms with van der Waals surface area (Å²) in [6, 6.07) is 0. The molecule has 53 valence electrons. The second kappa shape index (κ2) is 25.8. The summed E-state index contributed by atoms with van der Waals surface area (Å²) in [5.74, 6) is -0.833. The number of carbonyl (C=O) groups is 1. The first-order valence-electron chi connectivity index (χ1n) is 0.928. The van der Waals surface area contributed by atoms with Crippen molar-refractivity contribution in [3.63, 3.8) is 0 Å². The molecule has 4 nitrogen and oxygen atoms in total. The molecule has 0 atom stereocenters. The maximum Gasteiger partial charge on any atom is 0.300 e. The van der Waals surface area contributed by atoms with E-state index in [1.807, 2.05) is 0 Å². The average Bonchev–Trinajstić information content (AvgIpc) is 0.811. The van der Waals surface area contributed by atoms with Crippen LogP contribution in [0.3, 0.4) is 0 Å². The molecular weight excluding hydrogens is 217 g/mol. The van der Waals surface area contributed by atoms with E-state index < -0.39 is 5.97 Å². The Labute approximate surface area is 70.5 Å². The molecule has 0 heterocycles. The minimum absolute atomic E-state index is 0. The zero-order valence-corrected chi connectivity index (χ0v) is 8.27. The van der Waals surface area contributed by atoms with E-state index in [9.17, 15) is 0 Å². The van der Waals surface area contributed by atoms with Crippen LogP contribution in [-0.2, 0) is 41.3 Å². The Bertz CT molecular complexity index is 37.0. The van der Waals surface area contributed by atoms with Crippen molar-refractivity contribution in [3.05, 3.63) is 0 Å². The van der Waals surface area contributed by atoms with Gasteiger partial charge < -0.3 is 16.1 Å². The van der Waals surface area contributed by atoms with Gasteiger partial charge in [0.1, 0.15) is 0 Å². The van der Waals surface area contributed by atoms with E-state index in [1.165, 1.54) is 0 Å². The Kier molecular flexibility index (Phi) is 125. The van der Waals surface area contributed by atoms with Crippen LogP contribution in [0.5, 0.6) is 0 Å². The Morgan fingerprint density at radius 1 is 1.38 bits per heavy atom. The van der Waals surface area contributed by atoms with Gasteiger partial charge in [-0.2, -0.15) is 0 Å². The van der Waals surface area contributed by atoms with Gasteiger partial charge >= 0.3 is 0 Å². The van der Waals surface area contributed by atoms with Gasteiger partial charge in [-0.25, -0.2) is 0 Å². The molecule has 0 rings (SSSR count). The van der Waals surface area contributed by atoms with Gasteiger partial charge in [0.15, 0.2) is 0 Å². The van der Waals surface area contributed by atoms with E-state index >= 15 is 0 Å². The summed E-state index contributed by atoms with van der Waals surface area (Å²) in [7, 11) is 0. The third-order valence-electron chi connectivity index (χ3n) is 0. The van der Waals surface area contributed by atoms with E-state index in [0.29, 0.717) is 0 Å². The summed E-state index contributed by atoms with van der Waals surface area (Å²) >= 11 is 0. The third-order valence-corrected chi connectivity index (χ3v) is 0. The molecular formula is C2H8CuO4Zn. The van der Waals surface area contributed by atoms with Gasteiger partial charge in [0.2, 0.25) is 0 Å². The van der Waals surface area contributed by atoms with Crippen molar-refractivity contribution in [1.29, 1.82) is 0 Å². The minimum atomic E-state index is -0.833. The van der Waals surface area contributed by atoms with Crippen molar-refractivity contribution in [2.45, 2.75) is 6.92 Å². The van der Waals surface area contributed by atoms with Gasteiger partial charge in [0.25, 0.3) is 5.97 Å². The number of carboxylic acids is 1. The number of rotatable bonds is 0. The molecule has 0 aromatic rings. The predicted octanol–water partition coefficient (Wildman–Crippen LogP) is -1.56. The predicted molar refractivity (Wildman–Crippen MR) is 20.5 cm³/mol. The molecule has 0 amide bonds. The number of hydrogen-bond donors (Lipinski definition) is 1. The second-order valence-corrected chi connectivity index (χ2v) is 0.519. The summed E-state index contributed by atoms with van der Waals surface area (Å²) in [5, 5.41) is 7.42. The Morgan fingerprint density at radius 3 is 1.38 bits per heavy atom. The fourth-order valence-electron chi connectivity index (χ4n) is 0. The number of carboxylic acid groups (broad SMARTS) is 1. The fraction of sp³-hybridized carbons (Fsp3) is 0.500. The summed E-state index contributed by atoms with van der Waals surface area (Å²) in [4.78, 5) is 9.00. The molecule has 0 aliphatic rings. The van der Waals surface area contributed by atoms with Crippen LogP contribution < -0.4 is 0 Å². The average molecular weight is 225 g/mol. The van der Waals surface area contributed by atoms with Crippen LogP contribution >= 0.6 is 0 Å². The number of aliphatic carboxylic acids is 1. The van der Waals surface area contributed by atoms with Gasteiger partial charge in [-0.1, -0.05) is 0 Å². The monoisotopic (exact) mass is 223 g/mol. The fourth-order valence-corrected chi connectivity index (χ4v) is 0. The van der Waals surface area contributed by atoms with Crippen LogP contribution in [0.2, 0.25) is 0 Å². The normalized spacial score (nSPS) is 3.12. The maximum atomic E-state index is 9.00. The third kappa shape index (κ3) is 704. The Balaban J connectivity index is -0.00000000750. The molecule has 8 heavy (non-hydrogen) atoms. The zero-order valence-electron chi connectivity index (χ0n) is 4.36. The van der Waals surface area contributed by atoms with Crippen LogP contribution in [0, 0.1) is 0 Å². The standard InChI is InChI=1S/C2H4O2.Cu.2H2O.Zn/c1-2(3)4;;;;/h1H3,(H,3,4);;2*1H2;. The van der Waals surface area contributed by atoms with E-state index in [1.54, 1.807) is 0 Å². The first kappa shape index (κ1) is 38.8. The molecule has 1 radical (unpaired) electrons. The molecule has 0 fully saturated rings. The molecule has 0 unspecified atom stereocenters. The minimum Gasteiger partial charge on any atom is -0.481 e. The molecule has 0 saturated heterocycles. The van der Waals surface area contributed by atoms with E-state index in [-0.39, 0.29) is 47.5 Å². The van der Waals surface area contributed by atoms with E-state index in [4.69, 9.17) is 9.90 Å². The van der Waals surface area contributed by atoms with Crippen LogP contribution in [0.1, 0.15) is 6.92 Å². The van der Waals surface area contributed by atoms with Crippen molar-refractivity contribution in [2.75, 3.05) is 0 Å². The van der Waals surface area contributed by atoms with Gasteiger partial charge in [-0.15, -0.1) is 0 Å². The van der Waals surface area contributed by atoms with Crippen LogP contribution in [0.25, 0.3) is 0 Å². The summed E-state index contributed by atoms with van der Waals surface area (Å²) in [5.41, 5.74) is 0. The van der Waals surface area contributed by atoms with E-state index in [2.05, 4.69) is 0 Å². The first-order chi connectivity index (χ1) is 1.73. The van der Waals surface area contributed by atoms with Crippen molar-refractivity contribution in [3.8, 4) is 0 Å². The molecule has 6 heteroatoms. The van der Waals surface area contributed by atoms with Crippen molar-refractivity contribution in [2.24, 2.45) is 0 Å². The smallest absolute Gasteiger partial charge is 0.300 e. The van der Waals surface area contributed by atoms with Gasteiger partial charge in [-0.3, -0.25) is 4.79 Å². The van der Waals surface area contributed by atoms with Crippen molar-refractivity contribution in [1.82, 2.24) is 0 Å². The quantitative estimate of drug-likeness (QED) is 0.504. The Morgan fingerprint density at radius 2 is 1.38 bits per heavy atom. The molecule has 0 saturated carbocycles. The first-order valence-corrected chi connectivity index (χ1v) is 0.928. The maximum absolute atomic E-state index is 9.00. The molecule has 0 aromatic carbocycles. The molecule has 0 aliphatic carbocycles. The van der Waals surface area contributed by atoms with Crippen LogP contribution in [0.15, 0.2) is 0 Å². The molecule has 0 bridgehead atoms. The van der Waals surface area contributed by atoms with Gasteiger partial charge in [0.05, 0.1) is 0 Å². The summed E-state index contributed by atoms with van der Waals surface area (Å²) < 4.78 is 0. The van der Waals surface area contributed by atoms with Crippen molar-refractivity contribution < 1.29 is 57.4 Å².